The fourth-order valence-electron chi connectivity index (χ4n) is 1.26. The number of hydrogen-bond donors (Lipinski definition) is 2. The zero-order valence-corrected chi connectivity index (χ0v) is 12.2. The molecule has 0 saturated heterocycles. The van der Waals surface area contributed by atoms with Crippen molar-refractivity contribution in [1.82, 2.24) is 15.5 Å². The van der Waals surface area contributed by atoms with Crippen LogP contribution in [0.4, 0.5) is 4.79 Å². The average Bonchev–Trinajstić information content (AvgIpc) is 2.42. The molecule has 6 nitrogen and oxygen atoms in total. The Morgan fingerprint density at radius 2 is 1.75 bits per heavy atom. The first-order chi connectivity index (χ1) is 9.49. The molecule has 1 rings (SSSR count). The second kappa shape index (κ2) is 8.27. The van der Waals surface area contributed by atoms with Crippen LogP contribution in [0, 0.1) is 0 Å². The molecule has 3 amide bonds. The van der Waals surface area contributed by atoms with Gasteiger partial charge in [0.25, 0.3) is 5.91 Å². The van der Waals surface area contributed by atoms with Crippen molar-refractivity contribution in [3.63, 3.8) is 0 Å². The van der Waals surface area contributed by atoms with E-state index < -0.39 is 0 Å². The Labute approximate surface area is 123 Å². The van der Waals surface area contributed by atoms with E-state index in [-0.39, 0.29) is 18.5 Å². The molecule has 0 unspecified atom stereocenters. The molecule has 7 heteroatoms. The highest BCUT2D eigenvalue weighted by Crippen LogP contribution is 2.15. The van der Waals surface area contributed by atoms with Crippen molar-refractivity contribution in [2.24, 2.45) is 0 Å². The lowest BCUT2D eigenvalue weighted by Crippen LogP contribution is -2.40. The van der Waals surface area contributed by atoms with Crippen molar-refractivity contribution in [3.8, 4) is 5.75 Å². The first-order valence-electron chi connectivity index (χ1n) is 6.09. The number of carbonyl (C=O) groups excluding carboxylic acids is 2. The van der Waals surface area contributed by atoms with Gasteiger partial charge in [-0.15, -0.1) is 0 Å². The molecule has 0 aliphatic heterocycles. The van der Waals surface area contributed by atoms with Gasteiger partial charge in [0.15, 0.2) is 6.61 Å². The highest BCUT2D eigenvalue weighted by molar-refractivity contribution is 6.30. The lowest BCUT2D eigenvalue weighted by atomic mass is 10.3. The molecule has 0 aliphatic carbocycles. The Morgan fingerprint density at radius 1 is 1.15 bits per heavy atom. The Kier molecular flexibility index (Phi) is 6.66. The molecule has 0 radical (unpaired) electrons. The van der Waals surface area contributed by atoms with E-state index in [4.69, 9.17) is 16.3 Å². The predicted molar refractivity (Wildman–Crippen MR) is 77.0 cm³/mol. The van der Waals surface area contributed by atoms with Crippen molar-refractivity contribution in [1.29, 1.82) is 0 Å². The number of halogens is 1. The molecule has 0 bridgehead atoms. The summed E-state index contributed by atoms with van der Waals surface area (Å²) in [6, 6.07) is 6.55. The quantitative estimate of drug-likeness (QED) is 0.773. The maximum Gasteiger partial charge on any atom is 0.316 e. The summed E-state index contributed by atoms with van der Waals surface area (Å²) in [5.41, 5.74) is 0. The van der Waals surface area contributed by atoms with Crippen LogP contribution in [0.1, 0.15) is 0 Å². The summed E-state index contributed by atoms with van der Waals surface area (Å²) in [5.74, 6) is 0.324. The lowest BCUT2D eigenvalue weighted by Gasteiger charge is -2.12. The number of urea groups is 1. The van der Waals surface area contributed by atoms with Gasteiger partial charge in [0.05, 0.1) is 0 Å². The summed E-state index contributed by atoms with van der Waals surface area (Å²) in [5, 5.41) is 5.88. The van der Waals surface area contributed by atoms with Gasteiger partial charge in [-0.3, -0.25) is 4.79 Å². The summed E-state index contributed by atoms with van der Waals surface area (Å²) in [6.07, 6.45) is 0. The third-order valence-electron chi connectivity index (χ3n) is 2.31. The molecule has 110 valence electrons. The van der Waals surface area contributed by atoms with E-state index >= 15 is 0 Å². The Morgan fingerprint density at radius 3 is 2.35 bits per heavy atom. The molecule has 0 fully saturated rings. The van der Waals surface area contributed by atoms with Gasteiger partial charge < -0.3 is 20.3 Å². The maximum absolute atomic E-state index is 11.5. The van der Waals surface area contributed by atoms with Crippen LogP contribution >= 0.6 is 11.6 Å². The second-order valence-electron chi connectivity index (χ2n) is 4.22. The van der Waals surface area contributed by atoms with Crippen molar-refractivity contribution < 1.29 is 14.3 Å². The second-order valence-corrected chi connectivity index (χ2v) is 4.66. The van der Waals surface area contributed by atoms with Gasteiger partial charge in [0.1, 0.15) is 5.75 Å². The highest BCUT2D eigenvalue weighted by atomic mass is 35.5. The first-order valence-corrected chi connectivity index (χ1v) is 6.47. The van der Waals surface area contributed by atoms with Crippen molar-refractivity contribution >= 4 is 23.5 Å². The number of benzene rings is 1. The summed E-state index contributed by atoms with van der Waals surface area (Å²) in [4.78, 5) is 24.1. The summed E-state index contributed by atoms with van der Waals surface area (Å²) in [7, 11) is 3.29. The zero-order chi connectivity index (χ0) is 15.0. The Bertz CT molecular complexity index is 449. The molecular formula is C13H18ClN3O3. The number of nitrogens with zero attached hydrogens (tertiary/aromatic N) is 1. The summed E-state index contributed by atoms with van der Waals surface area (Å²) < 4.78 is 5.27. The molecule has 0 heterocycles. The largest absolute Gasteiger partial charge is 0.484 e. The zero-order valence-electron chi connectivity index (χ0n) is 11.5. The number of hydrogen-bond acceptors (Lipinski definition) is 3. The van der Waals surface area contributed by atoms with Crippen LogP contribution in [0.5, 0.6) is 5.75 Å². The number of nitrogens with one attached hydrogen (secondary N) is 2. The van der Waals surface area contributed by atoms with Crippen LogP contribution in [0.25, 0.3) is 0 Å². The fourth-order valence-corrected chi connectivity index (χ4v) is 1.39. The van der Waals surface area contributed by atoms with E-state index in [1.807, 2.05) is 0 Å². The first kappa shape index (κ1) is 16.1. The third kappa shape index (κ3) is 6.29. The van der Waals surface area contributed by atoms with Crippen LogP contribution in [0.3, 0.4) is 0 Å². The fraction of sp³-hybridized carbons (Fsp3) is 0.385. The van der Waals surface area contributed by atoms with E-state index in [1.165, 1.54) is 4.90 Å². The van der Waals surface area contributed by atoms with Gasteiger partial charge in [-0.05, 0) is 24.3 Å². The van der Waals surface area contributed by atoms with Crippen LogP contribution in [-0.2, 0) is 4.79 Å². The highest BCUT2D eigenvalue weighted by Gasteiger charge is 2.04. The van der Waals surface area contributed by atoms with Gasteiger partial charge in [0, 0.05) is 32.2 Å². The van der Waals surface area contributed by atoms with Crippen LogP contribution < -0.4 is 15.4 Å². The lowest BCUT2D eigenvalue weighted by molar-refractivity contribution is -0.123. The van der Waals surface area contributed by atoms with E-state index in [1.54, 1.807) is 38.4 Å². The van der Waals surface area contributed by atoms with Crippen molar-refractivity contribution in [2.45, 2.75) is 0 Å². The average molecular weight is 300 g/mol. The van der Waals surface area contributed by atoms with Crippen molar-refractivity contribution in [3.05, 3.63) is 29.3 Å². The molecule has 2 N–H and O–H groups in total. The van der Waals surface area contributed by atoms with E-state index in [0.717, 1.165) is 0 Å². The SMILES string of the molecule is CN(C)C(=O)NCCNC(=O)COc1ccc(Cl)cc1. The molecule has 20 heavy (non-hydrogen) atoms. The van der Waals surface area contributed by atoms with Gasteiger partial charge in [-0.1, -0.05) is 11.6 Å². The standard InChI is InChI=1S/C13H18ClN3O3/c1-17(2)13(19)16-8-7-15-12(18)9-20-11-5-3-10(14)4-6-11/h3-6H,7-9H2,1-2H3,(H,15,18)(H,16,19). The third-order valence-corrected chi connectivity index (χ3v) is 2.57. The van der Waals surface area contributed by atoms with Crippen LogP contribution in [0.2, 0.25) is 5.02 Å². The molecule has 0 saturated carbocycles. The van der Waals surface area contributed by atoms with E-state index in [9.17, 15) is 9.59 Å². The number of carbonyl (C=O) groups is 2. The van der Waals surface area contributed by atoms with Gasteiger partial charge in [-0.2, -0.15) is 0 Å². The normalized spacial score (nSPS) is 9.75. The number of rotatable bonds is 6. The van der Waals surface area contributed by atoms with E-state index in [0.29, 0.717) is 23.9 Å². The van der Waals surface area contributed by atoms with Gasteiger partial charge in [0.2, 0.25) is 0 Å². The molecule has 0 spiro atoms. The minimum atomic E-state index is -0.251. The van der Waals surface area contributed by atoms with Gasteiger partial charge >= 0.3 is 6.03 Å². The number of ether oxygens (including phenoxy) is 1. The minimum Gasteiger partial charge on any atom is -0.484 e. The number of amides is 3. The molecule has 1 aromatic carbocycles. The molecule has 1 aromatic rings. The summed E-state index contributed by atoms with van der Waals surface area (Å²) >= 11 is 5.73. The molecular weight excluding hydrogens is 282 g/mol. The summed E-state index contributed by atoms with van der Waals surface area (Å²) in [6.45, 7) is 0.634. The van der Waals surface area contributed by atoms with Crippen LogP contribution in [0.15, 0.2) is 24.3 Å². The minimum absolute atomic E-state index is 0.0801. The molecule has 0 atom stereocenters. The molecule has 0 aromatic heterocycles. The molecule has 0 aliphatic rings. The Hall–Kier alpha value is -1.95. The van der Waals surface area contributed by atoms with Crippen LogP contribution in [-0.4, -0.2) is 50.6 Å². The van der Waals surface area contributed by atoms with Crippen molar-refractivity contribution in [2.75, 3.05) is 33.8 Å². The predicted octanol–water partition coefficient (Wildman–Crippen LogP) is 1.11. The van der Waals surface area contributed by atoms with E-state index in [2.05, 4.69) is 10.6 Å². The van der Waals surface area contributed by atoms with Gasteiger partial charge in [-0.25, -0.2) is 4.79 Å². The monoisotopic (exact) mass is 299 g/mol. The smallest absolute Gasteiger partial charge is 0.316 e. The maximum atomic E-state index is 11.5. The Balaban J connectivity index is 2.14. The topological polar surface area (TPSA) is 70.7 Å².